The summed E-state index contributed by atoms with van der Waals surface area (Å²) in [6.45, 7) is 3.37. The fourth-order valence-corrected chi connectivity index (χ4v) is 3.60. The predicted octanol–water partition coefficient (Wildman–Crippen LogP) is 5.49. The Morgan fingerprint density at radius 1 is 0.792 bits per heavy atom. The molecule has 0 saturated carbocycles. The zero-order valence-electron chi connectivity index (χ0n) is 15.0. The minimum atomic E-state index is 1.09. The van der Waals surface area contributed by atoms with Gasteiger partial charge in [0, 0.05) is 0 Å². The first-order chi connectivity index (χ1) is 11.8. The molecule has 2 heteroatoms. The number of rotatable bonds is 8. The Balaban J connectivity index is 1.87. The number of hydrogen-bond acceptors (Lipinski definition) is 0. The van der Waals surface area contributed by atoms with E-state index in [0.29, 0.717) is 0 Å². The van der Waals surface area contributed by atoms with E-state index in [1.54, 1.807) is 0 Å². The third kappa shape index (κ3) is 3.53. The number of aryl methyl sites for hydroxylation is 2. The van der Waals surface area contributed by atoms with Gasteiger partial charge in [0.05, 0.1) is 19.2 Å². The number of benzene rings is 2. The SMILES string of the molecule is CCCCCCCCn1c(-c2ccccc2)[n+](C)c2ccccc21. The molecular formula is C22H29N2+. The molecular weight excluding hydrogens is 292 g/mol. The molecule has 3 rings (SSSR count). The van der Waals surface area contributed by atoms with Gasteiger partial charge >= 0.3 is 0 Å². The number of hydrogen-bond donors (Lipinski definition) is 0. The van der Waals surface area contributed by atoms with E-state index in [4.69, 9.17) is 0 Å². The largest absolute Gasteiger partial charge is 0.289 e. The summed E-state index contributed by atoms with van der Waals surface area (Å²) in [4.78, 5) is 0. The summed E-state index contributed by atoms with van der Waals surface area (Å²) in [6.07, 6.45) is 8.00. The van der Waals surface area contributed by atoms with Gasteiger partial charge in [0.25, 0.3) is 5.82 Å². The van der Waals surface area contributed by atoms with Crippen LogP contribution in [0.4, 0.5) is 0 Å². The standard InChI is InChI=1S/C22H29N2/c1-3-4-5-6-7-13-18-24-21-17-12-11-16-20(21)23(2)22(24)19-14-9-8-10-15-19/h8-12,14-17H,3-7,13,18H2,1-2H3/q+1. The summed E-state index contributed by atoms with van der Waals surface area (Å²) >= 11 is 0. The van der Waals surface area contributed by atoms with Gasteiger partial charge < -0.3 is 0 Å². The maximum atomic E-state index is 2.50. The van der Waals surface area contributed by atoms with Crippen LogP contribution < -0.4 is 4.57 Å². The van der Waals surface area contributed by atoms with Crippen molar-refractivity contribution in [2.45, 2.75) is 52.0 Å². The smallest absolute Gasteiger partial charge is 0.226 e. The van der Waals surface area contributed by atoms with E-state index in [0.717, 1.165) is 6.54 Å². The Kier molecular flexibility index (Phi) is 5.68. The third-order valence-corrected chi connectivity index (χ3v) is 4.87. The highest BCUT2D eigenvalue weighted by Crippen LogP contribution is 2.23. The molecule has 0 N–H and O–H groups in total. The molecule has 1 heterocycles. The topological polar surface area (TPSA) is 8.81 Å². The van der Waals surface area contributed by atoms with Crippen LogP contribution in [0.15, 0.2) is 54.6 Å². The Hall–Kier alpha value is -2.09. The van der Waals surface area contributed by atoms with E-state index in [-0.39, 0.29) is 0 Å². The second kappa shape index (κ2) is 8.14. The first-order valence-corrected chi connectivity index (χ1v) is 9.35. The van der Waals surface area contributed by atoms with E-state index in [9.17, 15) is 0 Å². The average Bonchev–Trinajstić information content (AvgIpc) is 2.91. The first kappa shape index (κ1) is 16.8. The van der Waals surface area contributed by atoms with Crippen molar-refractivity contribution in [3.63, 3.8) is 0 Å². The van der Waals surface area contributed by atoms with E-state index in [1.165, 1.54) is 60.9 Å². The highest BCUT2D eigenvalue weighted by Gasteiger charge is 2.23. The monoisotopic (exact) mass is 321 g/mol. The minimum absolute atomic E-state index is 1.09. The maximum Gasteiger partial charge on any atom is 0.289 e. The summed E-state index contributed by atoms with van der Waals surface area (Å²) in [5.74, 6) is 1.31. The Morgan fingerprint density at radius 2 is 1.46 bits per heavy atom. The first-order valence-electron chi connectivity index (χ1n) is 9.35. The van der Waals surface area contributed by atoms with Gasteiger partial charge in [-0.25, -0.2) is 9.13 Å². The minimum Gasteiger partial charge on any atom is -0.226 e. The van der Waals surface area contributed by atoms with Crippen LogP contribution in [0.25, 0.3) is 22.4 Å². The molecule has 0 fully saturated rings. The number of nitrogens with zero attached hydrogens (tertiary/aromatic N) is 2. The molecule has 3 aromatic rings. The van der Waals surface area contributed by atoms with Crippen LogP contribution in [0.5, 0.6) is 0 Å². The molecule has 0 saturated heterocycles. The van der Waals surface area contributed by atoms with Crippen LogP contribution >= 0.6 is 0 Å². The number of fused-ring (bicyclic) bond motifs is 1. The lowest BCUT2D eigenvalue weighted by Crippen LogP contribution is -2.30. The van der Waals surface area contributed by atoms with Crippen molar-refractivity contribution in [2.75, 3.05) is 0 Å². The third-order valence-electron chi connectivity index (χ3n) is 4.87. The summed E-state index contributed by atoms with van der Waals surface area (Å²) in [6, 6.07) is 19.5. The van der Waals surface area contributed by atoms with Crippen molar-refractivity contribution in [3.05, 3.63) is 54.6 Å². The average molecular weight is 321 g/mol. The molecule has 0 radical (unpaired) electrons. The molecule has 1 aromatic heterocycles. The molecule has 0 bridgehead atoms. The van der Waals surface area contributed by atoms with Crippen molar-refractivity contribution < 1.29 is 4.57 Å². The Morgan fingerprint density at radius 3 is 2.25 bits per heavy atom. The summed E-state index contributed by atoms with van der Waals surface area (Å²) in [5.41, 5.74) is 3.94. The quantitative estimate of drug-likeness (QED) is 0.383. The van der Waals surface area contributed by atoms with Gasteiger partial charge in [0.15, 0.2) is 11.0 Å². The fourth-order valence-electron chi connectivity index (χ4n) is 3.60. The highest BCUT2D eigenvalue weighted by molar-refractivity contribution is 5.76. The maximum absolute atomic E-state index is 2.50. The van der Waals surface area contributed by atoms with Gasteiger partial charge in [0.1, 0.15) is 0 Å². The summed E-state index contributed by atoms with van der Waals surface area (Å²) in [7, 11) is 2.18. The van der Waals surface area contributed by atoms with Crippen molar-refractivity contribution in [3.8, 4) is 11.4 Å². The van der Waals surface area contributed by atoms with Gasteiger partial charge in [0.2, 0.25) is 0 Å². The van der Waals surface area contributed by atoms with Gasteiger partial charge in [-0.3, -0.25) is 0 Å². The highest BCUT2D eigenvalue weighted by atomic mass is 15.2. The number of unbranched alkanes of at least 4 members (excludes halogenated alkanes) is 5. The second-order valence-electron chi connectivity index (χ2n) is 6.66. The van der Waals surface area contributed by atoms with E-state index < -0.39 is 0 Å². The van der Waals surface area contributed by atoms with E-state index in [2.05, 4.69) is 77.7 Å². The zero-order chi connectivity index (χ0) is 16.8. The van der Waals surface area contributed by atoms with Crippen LogP contribution in [-0.4, -0.2) is 4.57 Å². The van der Waals surface area contributed by atoms with Crippen LogP contribution in [0.3, 0.4) is 0 Å². The molecule has 0 aliphatic carbocycles. The lowest BCUT2D eigenvalue weighted by atomic mass is 10.1. The van der Waals surface area contributed by atoms with Gasteiger partial charge in [-0.2, -0.15) is 0 Å². The van der Waals surface area contributed by atoms with Crippen LogP contribution in [0, 0.1) is 0 Å². The second-order valence-corrected chi connectivity index (χ2v) is 6.66. The van der Waals surface area contributed by atoms with Gasteiger partial charge in [-0.1, -0.05) is 62.9 Å². The molecule has 2 nitrogen and oxygen atoms in total. The van der Waals surface area contributed by atoms with Crippen molar-refractivity contribution in [2.24, 2.45) is 7.05 Å². The van der Waals surface area contributed by atoms with Crippen LogP contribution in [-0.2, 0) is 13.6 Å². The van der Waals surface area contributed by atoms with E-state index in [1.807, 2.05) is 0 Å². The van der Waals surface area contributed by atoms with Crippen molar-refractivity contribution >= 4 is 11.0 Å². The Bertz CT molecular complexity index is 771. The molecule has 0 aliphatic heterocycles. The molecule has 0 aliphatic rings. The molecule has 24 heavy (non-hydrogen) atoms. The number of para-hydroxylation sites is 2. The van der Waals surface area contributed by atoms with E-state index >= 15 is 0 Å². The lowest BCUT2D eigenvalue weighted by Gasteiger charge is -2.04. The van der Waals surface area contributed by atoms with Crippen LogP contribution in [0.2, 0.25) is 0 Å². The van der Waals surface area contributed by atoms with Crippen LogP contribution in [0.1, 0.15) is 45.4 Å². The summed E-state index contributed by atoms with van der Waals surface area (Å²) < 4.78 is 4.84. The van der Waals surface area contributed by atoms with Gasteiger partial charge in [-0.15, -0.1) is 0 Å². The molecule has 0 amide bonds. The molecule has 0 unspecified atom stereocenters. The van der Waals surface area contributed by atoms with Gasteiger partial charge in [-0.05, 0) is 37.1 Å². The molecule has 0 atom stereocenters. The fraction of sp³-hybridized carbons (Fsp3) is 0.409. The Labute approximate surface area is 145 Å². The normalized spacial score (nSPS) is 11.2. The van der Waals surface area contributed by atoms with Crippen molar-refractivity contribution in [1.29, 1.82) is 0 Å². The lowest BCUT2D eigenvalue weighted by molar-refractivity contribution is -0.634. The number of imidazole rings is 1. The summed E-state index contributed by atoms with van der Waals surface area (Å²) in [5, 5.41) is 0. The zero-order valence-corrected chi connectivity index (χ0v) is 15.0. The predicted molar refractivity (Wildman–Crippen MR) is 102 cm³/mol. The molecule has 0 spiro atoms. The number of aromatic nitrogens is 2. The van der Waals surface area contributed by atoms with Crippen molar-refractivity contribution in [1.82, 2.24) is 4.57 Å². The molecule has 126 valence electrons. The molecule has 2 aromatic carbocycles.